The fraction of sp³-hybridized carbons (Fsp3) is 0.667. The van der Waals surface area contributed by atoms with E-state index in [-0.39, 0.29) is 0 Å². The van der Waals surface area contributed by atoms with Gasteiger partial charge in [-0.25, -0.2) is 0 Å². The molecule has 0 atom stereocenters. The van der Waals surface area contributed by atoms with Gasteiger partial charge in [0.1, 0.15) is 0 Å². The van der Waals surface area contributed by atoms with E-state index in [2.05, 4.69) is 0 Å². The average Bonchev–Trinajstić information content (AvgIpc) is 2.35. The van der Waals surface area contributed by atoms with Crippen molar-refractivity contribution >= 4 is 67.4 Å². The Kier molecular flexibility index (Phi) is 1.62. The van der Waals surface area contributed by atoms with E-state index in [4.69, 9.17) is 46.4 Å². The lowest BCUT2D eigenvalue weighted by Crippen LogP contribution is -3.20. The highest BCUT2D eigenvalue weighted by Crippen LogP contribution is 3.19. The summed E-state index contributed by atoms with van der Waals surface area (Å²) in [6, 6.07) is 0. The maximum Gasteiger partial charge on any atom is 0.228 e. The summed E-state index contributed by atoms with van der Waals surface area (Å²) in [6.45, 7) is 0. The Morgan fingerprint density at radius 1 is 0.500 bits per heavy atom. The predicted octanol–water partition coefficient (Wildman–Crippen LogP) is 1.53. The number of carbonyl (C=O) groups is 4. The Morgan fingerprint density at radius 2 is 0.650 bits per heavy atom. The zero-order valence-corrected chi connectivity index (χ0v) is 12.5. The molecule has 0 unspecified atom stereocenters. The molecule has 20 heavy (non-hydrogen) atoms. The first kappa shape index (κ1) is 12.4. The zero-order chi connectivity index (χ0) is 14.6. The molecule has 4 nitrogen and oxygen atoms in total. The van der Waals surface area contributed by atoms with Crippen LogP contribution in [0, 0.1) is 45.3 Å². The molecule has 0 aromatic heterocycles. The van der Waals surface area contributed by atoms with Crippen LogP contribution < -0.4 is 0 Å². The Hall–Kier alpha value is -0.160. The molecule has 0 aliphatic heterocycles. The third kappa shape index (κ3) is 0.551. The molecule has 0 N–H and O–H groups in total. The summed E-state index contributed by atoms with van der Waals surface area (Å²) in [5, 5.41) is -2.48. The van der Waals surface area contributed by atoms with Crippen LogP contribution in [0.15, 0.2) is 0 Å². The molecule has 0 spiro atoms. The van der Waals surface area contributed by atoms with Crippen LogP contribution >= 0.6 is 46.4 Å². The van der Waals surface area contributed by atoms with Crippen molar-refractivity contribution in [3.63, 3.8) is 0 Å². The van der Waals surface area contributed by atoms with Gasteiger partial charge in [0.2, 0.25) is 21.0 Å². The van der Waals surface area contributed by atoms with E-state index in [0.29, 0.717) is 0 Å². The molecule has 0 bridgehead atoms. The van der Waals surface area contributed by atoms with Crippen LogP contribution in [-0.4, -0.2) is 21.0 Å². The van der Waals surface area contributed by atoms with Gasteiger partial charge in [-0.05, 0) is 46.4 Å². The largest absolute Gasteiger partial charge is 0.281 e. The first-order chi connectivity index (χ1) is 9.24. The van der Waals surface area contributed by atoms with E-state index in [1.54, 1.807) is 0 Å². The lowest BCUT2D eigenvalue weighted by molar-refractivity contribution is -0.671. The van der Waals surface area contributed by atoms with Gasteiger partial charge < -0.3 is 0 Å². The quantitative estimate of drug-likeness (QED) is 0.719. The lowest BCUT2D eigenvalue weighted by atomic mass is 8.85. The van der Waals surface area contributed by atoms with Crippen LogP contribution in [0.2, 0.25) is 0 Å². The van der Waals surface area contributed by atoms with Gasteiger partial charge in [-0.3, -0.25) is 19.2 Å². The van der Waals surface area contributed by atoms with E-state index in [0.717, 1.165) is 0 Å². The second-order valence-corrected chi connectivity index (χ2v) is 7.93. The summed E-state index contributed by atoms with van der Waals surface area (Å²) in [4.78, 5) is 47.3. The molecule has 8 heteroatoms. The fourth-order valence-corrected chi connectivity index (χ4v) is 8.84. The van der Waals surface area contributed by atoms with E-state index < -0.39 is 66.3 Å². The Balaban J connectivity index is 1.76. The number of hydrogen-bond donors (Lipinski definition) is 0. The maximum atomic E-state index is 11.8. The smallest absolute Gasteiger partial charge is 0.228 e. The highest BCUT2D eigenvalue weighted by Gasteiger charge is 3.24. The molecular formula is C12H4Cl4O4. The summed E-state index contributed by atoms with van der Waals surface area (Å²) in [6.07, 6.45) is 0. The second kappa shape index (κ2) is 2.62. The minimum Gasteiger partial charge on any atom is -0.281 e. The van der Waals surface area contributed by atoms with Gasteiger partial charge in [-0.15, -0.1) is 0 Å². The summed E-state index contributed by atoms with van der Waals surface area (Å²) < 4.78 is 0. The molecule has 6 aliphatic rings. The maximum absolute atomic E-state index is 11.8. The van der Waals surface area contributed by atoms with Crippen molar-refractivity contribution in [3.05, 3.63) is 0 Å². The van der Waals surface area contributed by atoms with Crippen LogP contribution in [0.5, 0.6) is 0 Å². The van der Waals surface area contributed by atoms with Crippen molar-refractivity contribution in [2.24, 2.45) is 45.3 Å². The van der Waals surface area contributed by atoms with Crippen LogP contribution in [-0.2, 0) is 19.2 Å². The van der Waals surface area contributed by atoms with Gasteiger partial charge in [0.05, 0.1) is 21.7 Å². The number of rotatable bonds is 4. The lowest BCUT2D eigenvalue weighted by Gasteiger charge is -3.14. The van der Waals surface area contributed by atoms with Crippen molar-refractivity contribution in [2.45, 2.75) is 0 Å². The highest BCUT2D eigenvalue weighted by atomic mass is 35.5. The van der Waals surface area contributed by atoms with Gasteiger partial charge in [0.25, 0.3) is 0 Å². The SMILES string of the molecule is O=C(Cl)C12C3C4(C(=O)Cl)C1C1(C(=O)Cl)C2C3(C(=O)Cl)C41. The number of carbonyl (C=O) groups excluding carboxylic acids is 4. The molecule has 0 aromatic carbocycles. The summed E-state index contributed by atoms with van der Waals surface area (Å²) >= 11 is 22.7. The standard InChI is InChI=1S/C12H4Cl4O4/c13-5(17)9-1-10(6(14)18)2(9)12(8(16)20)3(9)11(1,4(10)12)7(15)19/h1-4H. The minimum atomic E-state index is -0.990. The molecule has 0 amide bonds. The Labute approximate surface area is 132 Å². The molecular weight excluding hydrogens is 350 g/mol. The minimum absolute atomic E-state index is 0.541. The molecule has 6 saturated carbocycles. The van der Waals surface area contributed by atoms with Crippen LogP contribution in [0.25, 0.3) is 0 Å². The van der Waals surface area contributed by atoms with Gasteiger partial charge in [-0.1, -0.05) is 0 Å². The van der Waals surface area contributed by atoms with Crippen molar-refractivity contribution in [2.75, 3.05) is 0 Å². The topological polar surface area (TPSA) is 68.3 Å². The summed E-state index contributed by atoms with van der Waals surface area (Å²) in [5.41, 5.74) is -3.96. The summed E-state index contributed by atoms with van der Waals surface area (Å²) in [5.74, 6) is -2.17. The van der Waals surface area contributed by atoms with E-state index in [1.807, 2.05) is 0 Å². The van der Waals surface area contributed by atoms with Gasteiger partial charge >= 0.3 is 0 Å². The molecule has 104 valence electrons. The van der Waals surface area contributed by atoms with E-state index in [9.17, 15) is 19.2 Å². The van der Waals surface area contributed by atoms with Crippen LogP contribution in [0.3, 0.4) is 0 Å². The van der Waals surface area contributed by atoms with Crippen molar-refractivity contribution < 1.29 is 19.2 Å². The molecule has 6 fully saturated rings. The van der Waals surface area contributed by atoms with Crippen LogP contribution in [0.4, 0.5) is 0 Å². The first-order valence-corrected chi connectivity index (χ1v) is 7.55. The molecule has 0 aromatic rings. The number of hydrogen-bond acceptors (Lipinski definition) is 4. The molecule has 6 aliphatic carbocycles. The van der Waals surface area contributed by atoms with Crippen molar-refractivity contribution in [1.29, 1.82) is 0 Å². The average molecular weight is 354 g/mol. The van der Waals surface area contributed by atoms with Crippen LogP contribution in [0.1, 0.15) is 0 Å². The number of halogens is 4. The van der Waals surface area contributed by atoms with E-state index in [1.165, 1.54) is 0 Å². The predicted molar refractivity (Wildman–Crippen MR) is 67.1 cm³/mol. The molecule has 0 heterocycles. The second-order valence-electron chi connectivity index (χ2n) is 6.56. The Bertz CT molecular complexity index is 543. The van der Waals surface area contributed by atoms with Gasteiger partial charge in [0.15, 0.2) is 0 Å². The van der Waals surface area contributed by atoms with Gasteiger partial charge in [-0.2, -0.15) is 0 Å². The van der Waals surface area contributed by atoms with E-state index >= 15 is 0 Å². The molecule has 6 rings (SSSR count). The molecule has 0 saturated heterocycles. The highest BCUT2D eigenvalue weighted by molar-refractivity contribution is 6.72. The summed E-state index contributed by atoms with van der Waals surface area (Å²) in [7, 11) is 0. The monoisotopic (exact) mass is 352 g/mol. The Morgan fingerprint density at radius 3 is 0.750 bits per heavy atom. The normalized spacial score (nSPS) is 64.6. The molecule has 0 radical (unpaired) electrons. The third-order valence-electron chi connectivity index (χ3n) is 7.09. The first-order valence-electron chi connectivity index (χ1n) is 6.04. The fourth-order valence-electron chi connectivity index (χ4n) is 7.53. The third-order valence-corrected chi connectivity index (χ3v) is 8.40. The van der Waals surface area contributed by atoms with Gasteiger partial charge in [0, 0.05) is 23.7 Å². The van der Waals surface area contributed by atoms with Crippen molar-refractivity contribution in [3.8, 4) is 0 Å². The zero-order valence-electron chi connectivity index (χ0n) is 9.45. The van der Waals surface area contributed by atoms with Crippen molar-refractivity contribution in [1.82, 2.24) is 0 Å².